The summed E-state index contributed by atoms with van der Waals surface area (Å²) >= 11 is 3.48. The molecular weight excluding hydrogens is 254 g/mol. The zero-order valence-corrected chi connectivity index (χ0v) is 9.87. The molecule has 0 aliphatic heterocycles. The highest BCUT2D eigenvalue weighted by Gasteiger charge is 2.23. The number of hydrogen-bond donors (Lipinski definition) is 1. The second kappa shape index (κ2) is 3.23. The van der Waals surface area contributed by atoms with Crippen LogP contribution < -0.4 is 5.73 Å². The molecule has 3 nitrogen and oxygen atoms in total. The Balaban J connectivity index is 2.25. The van der Waals surface area contributed by atoms with E-state index in [2.05, 4.69) is 31.5 Å². The summed E-state index contributed by atoms with van der Waals surface area (Å²) in [6, 6.07) is 6.66. The fourth-order valence-corrected chi connectivity index (χ4v) is 2.46. The SMILES string of the molecule is Nc1nc2ccc(Br)cc2n1C1CCC1. The van der Waals surface area contributed by atoms with Gasteiger partial charge in [-0.2, -0.15) is 0 Å². The standard InChI is InChI=1S/C11H12BrN3/c12-7-4-5-9-10(6-7)15(11(13)14-9)8-2-1-3-8/h4-6,8H,1-3H2,(H2,13,14). The zero-order chi connectivity index (χ0) is 10.4. The van der Waals surface area contributed by atoms with Gasteiger partial charge in [-0.3, -0.25) is 0 Å². The molecule has 1 heterocycles. The molecule has 2 aromatic rings. The third kappa shape index (κ3) is 1.35. The summed E-state index contributed by atoms with van der Waals surface area (Å²) in [7, 11) is 0. The van der Waals surface area contributed by atoms with Crippen molar-refractivity contribution in [3.63, 3.8) is 0 Å². The predicted molar refractivity (Wildman–Crippen MR) is 64.7 cm³/mol. The lowest BCUT2D eigenvalue weighted by Gasteiger charge is -2.28. The molecule has 1 saturated carbocycles. The number of imidazole rings is 1. The van der Waals surface area contributed by atoms with Gasteiger partial charge in [-0.05, 0) is 37.5 Å². The van der Waals surface area contributed by atoms with E-state index < -0.39 is 0 Å². The minimum absolute atomic E-state index is 0.560. The van der Waals surface area contributed by atoms with Gasteiger partial charge in [0, 0.05) is 10.5 Å². The lowest BCUT2D eigenvalue weighted by Crippen LogP contribution is -2.18. The quantitative estimate of drug-likeness (QED) is 0.861. The molecule has 1 aromatic heterocycles. The van der Waals surface area contributed by atoms with Crippen LogP contribution in [0, 0.1) is 0 Å². The maximum atomic E-state index is 5.95. The van der Waals surface area contributed by atoms with Crippen LogP contribution in [0.1, 0.15) is 25.3 Å². The van der Waals surface area contributed by atoms with Crippen LogP contribution in [0.25, 0.3) is 11.0 Å². The summed E-state index contributed by atoms with van der Waals surface area (Å²) in [5.74, 6) is 0.646. The first-order valence-corrected chi connectivity index (χ1v) is 5.98. The summed E-state index contributed by atoms with van der Waals surface area (Å²) in [6.07, 6.45) is 3.75. The molecule has 0 atom stereocenters. The van der Waals surface area contributed by atoms with Gasteiger partial charge in [-0.25, -0.2) is 4.98 Å². The van der Waals surface area contributed by atoms with Crippen LogP contribution in [0.3, 0.4) is 0 Å². The number of fused-ring (bicyclic) bond motifs is 1. The number of anilines is 1. The smallest absolute Gasteiger partial charge is 0.201 e. The van der Waals surface area contributed by atoms with Crippen LogP contribution in [0.5, 0.6) is 0 Å². The Kier molecular flexibility index (Phi) is 1.99. The van der Waals surface area contributed by atoms with Gasteiger partial charge in [0.1, 0.15) is 0 Å². The van der Waals surface area contributed by atoms with E-state index in [0.717, 1.165) is 15.5 Å². The molecule has 1 aromatic carbocycles. The lowest BCUT2D eigenvalue weighted by atomic mass is 9.93. The molecule has 3 rings (SSSR count). The molecule has 0 amide bonds. The van der Waals surface area contributed by atoms with E-state index in [1.54, 1.807) is 0 Å². The van der Waals surface area contributed by atoms with E-state index in [4.69, 9.17) is 5.73 Å². The first kappa shape index (κ1) is 9.21. The topological polar surface area (TPSA) is 43.8 Å². The van der Waals surface area contributed by atoms with Crippen molar-refractivity contribution >= 4 is 32.9 Å². The molecule has 1 aliphatic carbocycles. The van der Waals surface area contributed by atoms with Gasteiger partial charge < -0.3 is 10.3 Å². The largest absolute Gasteiger partial charge is 0.369 e. The van der Waals surface area contributed by atoms with Crippen molar-refractivity contribution in [3.8, 4) is 0 Å². The van der Waals surface area contributed by atoms with E-state index >= 15 is 0 Å². The Morgan fingerprint density at radius 1 is 1.40 bits per heavy atom. The van der Waals surface area contributed by atoms with Crippen LogP contribution in [0.4, 0.5) is 5.95 Å². The maximum Gasteiger partial charge on any atom is 0.201 e. The van der Waals surface area contributed by atoms with Gasteiger partial charge >= 0.3 is 0 Å². The van der Waals surface area contributed by atoms with Crippen molar-refractivity contribution in [1.82, 2.24) is 9.55 Å². The molecule has 0 spiro atoms. The number of aromatic nitrogens is 2. The minimum atomic E-state index is 0.560. The molecule has 1 fully saturated rings. The molecule has 0 saturated heterocycles. The normalized spacial score (nSPS) is 16.9. The number of nitrogens with two attached hydrogens (primary N) is 1. The van der Waals surface area contributed by atoms with Crippen LogP contribution in [-0.2, 0) is 0 Å². The number of hydrogen-bond acceptors (Lipinski definition) is 2. The highest BCUT2D eigenvalue weighted by atomic mass is 79.9. The van der Waals surface area contributed by atoms with Crippen LogP contribution in [0.15, 0.2) is 22.7 Å². The summed E-state index contributed by atoms with van der Waals surface area (Å²) in [5, 5.41) is 0. The maximum absolute atomic E-state index is 5.95. The van der Waals surface area contributed by atoms with E-state index in [0.29, 0.717) is 12.0 Å². The fraction of sp³-hybridized carbons (Fsp3) is 0.364. The number of halogens is 1. The van der Waals surface area contributed by atoms with E-state index in [-0.39, 0.29) is 0 Å². The first-order chi connectivity index (χ1) is 7.25. The van der Waals surface area contributed by atoms with Crippen LogP contribution in [-0.4, -0.2) is 9.55 Å². The summed E-state index contributed by atoms with van der Waals surface area (Å²) in [6.45, 7) is 0. The van der Waals surface area contributed by atoms with Gasteiger partial charge in [-0.15, -0.1) is 0 Å². The molecule has 2 N–H and O–H groups in total. The van der Waals surface area contributed by atoms with Crippen molar-refractivity contribution in [2.45, 2.75) is 25.3 Å². The summed E-state index contributed by atoms with van der Waals surface area (Å²) in [4.78, 5) is 4.38. The summed E-state index contributed by atoms with van der Waals surface area (Å²) < 4.78 is 3.25. The van der Waals surface area contributed by atoms with Gasteiger partial charge in [0.05, 0.1) is 11.0 Å². The number of nitrogens with zero attached hydrogens (tertiary/aromatic N) is 2. The highest BCUT2D eigenvalue weighted by molar-refractivity contribution is 9.10. The monoisotopic (exact) mass is 265 g/mol. The second-order valence-electron chi connectivity index (χ2n) is 4.06. The number of rotatable bonds is 1. The Hall–Kier alpha value is -1.03. The zero-order valence-electron chi connectivity index (χ0n) is 8.28. The molecule has 78 valence electrons. The molecule has 15 heavy (non-hydrogen) atoms. The molecule has 0 radical (unpaired) electrons. The molecule has 1 aliphatic rings. The van der Waals surface area contributed by atoms with E-state index in [1.807, 2.05) is 12.1 Å². The summed E-state index contributed by atoms with van der Waals surface area (Å²) in [5.41, 5.74) is 8.08. The van der Waals surface area contributed by atoms with E-state index in [9.17, 15) is 0 Å². The van der Waals surface area contributed by atoms with Crippen molar-refractivity contribution < 1.29 is 0 Å². The Morgan fingerprint density at radius 3 is 2.87 bits per heavy atom. The van der Waals surface area contributed by atoms with Crippen molar-refractivity contribution in [2.75, 3.05) is 5.73 Å². The van der Waals surface area contributed by atoms with Crippen molar-refractivity contribution in [1.29, 1.82) is 0 Å². The third-order valence-electron chi connectivity index (χ3n) is 3.12. The van der Waals surface area contributed by atoms with E-state index in [1.165, 1.54) is 19.3 Å². The van der Waals surface area contributed by atoms with Gasteiger partial charge in [0.15, 0.2) is 0 Å². The molecule has 0 unspecified atom stereocenters. The predicted octanol–water partition coefficient (Wildman–Crippen LogP) is 3.11. The Bertz CT molecular complexity index is 514. The third-order valence-corrected chi connectivity index (χ3v) is 3.61. The fourth-order valence-electron chi connectivity index (χ4n) is 2.11. The molecule has 4 heteroatoms. The Labute approximate surface area is 96.4 Å². The van der Waals surface area contributed by atoms with Gasteiger partial charge in [0.2, 0.25) is 5.95 Å². The second-order valence-corrected chi connectivity index (χ2v) is 4.97. The van der Waals surface area contributed by atoms with Gasteiger partial charge in [-0.1, -0.05) is 15.9 Å². The lowest BCUT2D eigenvalue weighted by molar-refractivity contribution is 0.324. The first-order valence-electron chi connectivity index (χ1n) is 5.18. The molecular formula is C11H12BrN3. The number of nitrogen functional groups attached to an aromatic ring is 1. The van der Waals surface area contributed by atoms with Crippen LogP contribution >= 0.6 is 15.9 Å². The minimum Gasteiger partial charge on any atom is -0.369 e. The van der Waals surface area contributed by atoms with Crippen molar-refractivity contribution in [2.24, 2.45) is 0 Å². The van der Waals surface area contributed by atoms with Crippen LogP contribution in [0.2, 0.25) is 0 Å². The average molecular weight is 266 g/mol. The average Bonchev–Trinajstić information content (AvgIpc) is 2.42. The van der Waals surface area contributed by atoms with Gasteiger partial charge in [0.25, 0.3) is 0 Å². The molecule has 0 bridgehead atoms. The number of benzene rings is 1. The Morgan fingerprint density at radius 2 is 2.20 bits per heavy atom. The van der Waals surface area contributed by atoms with Crippen molar-refractivity contribution in [3.05, 3.63) is 22.7 Å². The highest BCUT2D eigenvalue weighted by Crippen LogP contribution is 2.36.